The third-order valence-electron chi connectivity index (χ3n) is 3.33. The molecule has 16 heavy (non-hydrogen) atoms. The number of carbonyl (C=O) groups excluding carboxylic acids is 1. The van der Waals surface area contributed by atoms with Crippen molar-refractivity contribution in [3.05, 3.63) is 29.8 Å². The number of carbonyl (C=O) groups is 1. The molecule has 0 atom stereocenters. The molecule has 1 saturated carbocycles. The average molecular weight is 218 g/mol. The lowest BCUT2D eigenvalue weighted by Crippen LogP contribution is -2.17. The summed E-state index contributed by atoms with van der Waals surface area (Å²) in [6.07, 6.45) is 5.77. The van der Waals surface area contributed by atoms with Crippen LogP contribution in [0, 0.1) is 5.92 Å². The molecule has 0 bridgehead atoms. The maximum Gasteiger partial charge on any atom is 0.166 e. The molecule has 0 spiro atoms. The van der Waals surface area contributed by atoms with Gasteiger partial charge in [-0.15, -0.1) is 0 Å². The van der Waals surface area contributed by atoms with Crippen molar-refractivity contribution in [3.63, 3.8) is 0 Å². The fourth-order valence-electron chi connectivity index (χ4n) is 2.38. The molecular weight excluding hydrogens is 200 g/mol. The Bertz CT molecular complexity index is 365. The first-order chi connectivity index (χ1) is 7.81. The van der Waals surface area contributed by atoms with Crippen LogP contribution < -0.4 is 4.74 Å². The highest BCUT2D eigenvalue weighted by Crippen LogP contribution is 2.27. The predicted molar refractivity (Wildman–Crippen MR) is 63.9 cm³/mol. The van der Waals surface area contributed by atoms with E-state index in [0.717, 1.165) is 24.2 Å². The van der Waals surface area contributed by atoms with E-state index < -0.39 is 0 Å². The summed E-state index contributed by atoms with van der Waals surface area (Å²) >= 11 is 0. The molecule has 86 valence electrons. The number of hydrogen-bond donors (Lipinski definition) is 0. The molecule has 1 aliphatic rings. The molecule has 0 N–H and O–H groups in total. The van der Waals surface area contributed by atoms with Crippen molar-refractivity contribution >= 4 is 5.78 Å². The lowest BCUT2D eigenvalue weighted by Gasteiger charge is -2.20. The van der Waals surface area contributed by atoms with E-state index in [1.54, 1.807) is 7.11 Å². The van der Waals surface area contributed by atoms with Gasteiger partial charge in [-0.2, -0.15) is 0 Å². The maximum atomic E-state index is 12.2. The summed E-state index contributed by atoms with van der Waals surface area (Å²) in [5.74, 6) is 1.29. The van der Waals surface area contributed by atoms with Gasteiger partial charge < -0.3 is 4.74 Å². The van der Waals surface area contributed by atoms with Gasteiger partial charge in [0.05, 0.1) is 7.11 Å². The zero-order valence-corrected chi connectivity index (χ0v) is 9.74. The topological polar surface area (TPSA) is 26.3 Å². The summed E-state index contributed by atoms with van der Waals surface area (Å²) in [6.45, 7) is 0. The lowest BCUT2D eigenvalue weighted by molar-refractivity contribution is 0.0889. The Morgan fingerprint density at radius 3 is 2.69 bits per heavy atom. The summed E-state index contributed by atoms with van der Waals surface area (Å²) in [5.41, 5.74) is 0.797. The van der Waals surface area contributed by atoms with Crippen LogP contribution in [0.3, 0.4) is 0 Å². The van der Waals surface area contributed by atoms with Crippen molar-refractivity contribution in [3.8, 4) is 5.75 Å². The standard InChI is InChI=1S/C14H18O2/c1-16-13-9-5-8-12(10-13)14(15)11-6-3-2-4-7-11/h5,8-11H,2-4,6-7H2,1H3. The van der Waals surface area contributed by atoms with Crippen molar-refractivity contribution < 1.29 is 9.53 Å². The molecule has 0 radical (unpaired) electrons. The van der Waals surface area contributed by atoms with E-state index in [1.807, 2.05) is 24.3 Å². The molecule has 1 aromatic rings. The normalized spacial score (nSPS) is 17.1. The summed E-state index contributed by atoms with van der Waals surface area (Å²) in [7, 11) is 1.63. The van der Waals surface area contributed by atoms with E-state index in [4.69, 9.17) is 4.74 Å². The fourth-order valence-corrected chi connectivity index (χ4v) is 2.38. The minimum atomic E-state index is 0.237. The van der Waals surface area contributed by atoms with Gasteiger partial charge in [0.2, 0.25) is 0 Å². The SMILES string of the molecule is COc1cccc(C(=O)C2CCCCC2)c1. The van der Waals surface area contributed by atoms with E-state index >= 15 is 0 Å². The molecule has 0 saturated heterocycles. The molecule has 2 nitrogen and oxygen atoms in total. The van der Waals surface area contributed by atoms with E-state index in [1.165, 1.54) is 19.3 Å². The van der Waals surface area contributed by atoms with Crippen LogP contribution in [0.5, 0.6) is 5.75 Å². The van der Waals surface area contributed by atoms with Gasteiger partial charge in [0.25, 0.3) is 0 Å². The first-order valence-electron chi connectivity index (χ1n) is 5.99. The maximum absolute atomic E-state index is 12.2. The van der Waals surface area contributed by atoms with Crippen molar-refractivity contribution in [2.24, 2.45) is 5.92 Å². The van der Waals surface area contributed by atoms with Crippen molar-refractivity contribution in [2.75, 3.05) is 7.11 Å². The van der Waals surface area contributed by atoms with Gasteiger partial charge in [0.15, 0.2) is 5.78 Å². The molecule has 0 heterocycles. The highest BCUT2D eigenvalue weighted by molar-refractivity contribution is 5.98. The van der Waals surface area contributed by atoms with Gasteiger partial charge in [-0.05, 0) is 25.0 Å². The lowest BCUT2D eigenvalue weighted by atomic mass is 9.84. The third kappa shape index (κ3) is 2.43. The van der Waals surface area contributed by atoms with Crippen LogP contribution in [0.2, 0.25) is 0 Å². The van der Waals surface area contributed by atoms with Crippen molar-refractivity contribution in [2.45, 2.75) is 32.1 Å². The van der Waals surface area contributed by atoms with Gasteiger partial charge in [-0.1, -0.05) is 31.4 Å². The molecule has 2 rings (SSSR count). The molecule has 1 aliphatic carbocycles. The Labute approximate surface area is 96.6 Å². The number of ether oxygens (including phenoxy) is 1. The number of benzene rings is 1. The molecule has 0 aliphatic heterocycles. The first kappa shape index (κ1) is 11.2. The largest absolute Gasteiger partial charge is 0.497 e. The Balaban J connectivity index is 2.12. The minimum absolute atomic E-state index is 0.237. The highest BCUT2D eigenvalue weighted by atomic mass is 16.5. The van der Waals surface area contributed by atoms with Crippen molar-refractivity contribution in [1.82, 2.24) is 0 Å². The molecular formula is C14H18O2. The average Bonchev–Trinajstić information content (AvgIpc) is 2.39. The first-order valence-corrected chi connectivity index (χ1v) is 5.99. The second kappa shape index (κ2) is 5.15. The molecule has 2 heteroatoms. The molecule has 0 unspecified atom stereocenters. The number of methoxy groups -OCH3 is 1. The highest BCUT2D eigenvalue weighted by Gasteiger charge is 2.22. The summed E-state index contributed by atoms with van der Waals surface area (Å²) in [4.78, 5) is 12.2. The van der Waals surface area contributed by atoms with Gasteiger partial charge in [-0.3, -0.25) is 4.79 Å². The van der Waals surface area contributed by atoms with E-state index in [2.05, 4.69) is 0 Å². The summed E-state index contributed by atoms with van der Waals surface area (Å²) in [5, 5.41) is 0. The summed E-state index contributed by atoms with van der Waals surface area (Å²) < 4.78 is 5.14. The number of hydrogen-bond acceptors (Lipinski definition) is 2. The minimum Gasteiger partial charge on any atom is -0.497 e. The second-order valence-electron chi connectivity index (χ2n) is 4.43. The molecule has 1 aromatic carbocycles. The van der Waals surface area contributed by atoms with E-state index in [0.29, 0.717) is 5.78 Å². The fraction of sp³-hybridized carbons (Fsp3) is 0.500. The number of Topliss-reactive ketones (excluding diaryl/α,β-unsaturated/α-hetero) is 1. The van der Waals surface area contributed by atoms with Crippen LogP contribution >= 0.6 is 0 Å². The van der Waals surface area contributed by atoms with Crippen LogP contribution in [-0.4, -0.2) is 12.9 Å². The quantitative estimate of drug-likeness (QED) is 0.726. The van der Waals surface area contributed by atoms with Gasteiger partial charge in [-0.25, -0.2) is 0 Å². The molecule has 0 aromatic heterocycles. The zero-order chi connectivity index (χ0) is 11.4. The van der Waals surface area contributed by atoms with Gasteiger partial charge >= 0.3 is 0 Å². The Morgan fingerprint density at radius 1 is 1.25 bits per heavy atom. The van der Waals surface area contributed by atoms with Crippen LogP contribution in [0.4, 0.5) is 0 Å². The molecule has 1 fully saturated rings. The smallest absolute Gasteiger partial charge is 0.166 e. The Kier molecular flexibility index (Phi) is 3.60. The summed E-state index contributed by atoms with van der Waals surface area (Å²) in [6, 6.07) is 7.49. The number of rotatable bonds is 3. The van der Waals surface area contributed by atoms with Gasteiger partial charge in [0, 0.05) is 11.5 Å². The van der Waals surface area contributed by atoms with Crippen molar-refractivity contribution in [1.29, 1.82) is 0 Å². The van der Waals surface area contributed by atoms with Crippen LogP contribution in [0.1, 0.15) is 42.5 Å². The molecule has 0 amide bonds. The van der Waals surface area contributed by atoms with E-state index in [9.17, 15) is 4.79 Å². The van der Waals surface area contributed by atoms with Crippen LogP contribution in [-0.2, 0) is 0 Å². The Hall–Kier alpha value is -1.31. The van der Waals surface area contributed by atoms with Crippen LogP contribution in [0.25, 0.3) is 0 Å². The Morgan fingerprint density at radius 2 is 2.00 bits per heavy atom. The number of ketones is 1. The zero-order valence-electron chi connectivity index (χ0n) is 9.74. The van der Waals surface area contributed by atoms with E-state index in [-0.39, 0.29) is 5.92 Å². The third-order valence-corrected chi connectivity index (χ3v) is 3.33. The second-order valence-corrected chi connectivity index (χ2v) is 4.43. The monoisotopic (exact) mass is 218 g/mol. The van der Waals surface area contributed by atoms with Gasteiger partial charge in [0.1, 0.15) is 5.75 Å². The predicted octanol–water partition coefficient (Wildman–Crippen LogP) is 3.46. The van der Waals surface area contributed by atoms with Crippen LogP contribution in [0.15, 0.2) is 24.3 Å².